The molecule has 1 fully saturated rings. The predicted molar refractivity (Wildman–Crippen MR) is 76.3 cm³/mol. The van der Waals surface area contributed by atoms with Crippen LogP contribution < -0.4 is 4.72 Å². The van der Waals surface area contributed by atoms with E-state index in [2.05, 4.69) is 4.72 Å². The van der Waals surface area contributed by atoms with Crippen LogP contribution in [0, 0.1) is 6.92 Å². The molecule has 1 aromatic rings. The lowest BCUT2D eigenvalue weighted by atomic mass is 10.2. The van der Waals surface area contributed by atoms with Gasteiger partial charge in [-0.25, -0.2) is 21.6 Å². The van der Waals surface area contributed by atoms with E-state index in [1.165, 1.54) is 4.31 Å². The van der Waals surface area contributed by atoms with Crippen LogP contribution >= 0.6 is 0 Å². The van der Waals surface area contributed by atoms with Crippen LogP contribution in [0.15, 0.2) is 29.2 Å². The molecule has 8 heteroatoms. The molecular weight excluding hydrogens is 300 g/mol. The average Bonchev–Trinajstić information content (AvgIpc) is 2.76. The first-order chi connectivity index (χ1) is 9.18. The second kappa shape index (κ2) is 5.44. The molecule has 1 unspecified atom stereocenters. The normalized spacial score (nSPS) is 21.2. The minimum Gasteiger partial charge on any atom is -0.213 e. The predicted octanol–water partition coefficient (Wildman–Crippen LogP) is 0.307. The Morgan fingerprint density at radius 1 is 1.15 bits per heavy atom. The lowest BCUT2D eigenvalue weighted by molar-refractivity contribution is 0.467. The number of nitrogens with one attached hydrogen (secondary N) is 1. The van der Waals surface area contributed by atoms with E-state index in [0.29, 0.717) is 13.0 Å². The molecule has 0 bridgehead atoms. The van der Waals surface area contributed by atoms with Crippen LogP contribution in [-0.2, 0) is 20.0 Å². The highest BCUT2D eigenvalue weighted by molar-refractivity contribution is 7.89. The summed E-state index contributed by atoms with van der Waals surface area (Å²) in [6, 6.07) is 6.28. The number of benzene rings is 1. The van der Waals surface area contributed by atoms with Gasteiger partial charge in [0.05, 0.1) is 11.2 Å². The zero-order valence-electron chi connectivity index (χ0n) is 11.4. The molecule has 1 N–H and O–H groups in total. The van der Waals surface area contributed by atoms with Crippen LogP contribution in [0.4, 0.5) is 0 Å². The van der Waals surface area contributed by atoms with Gasteiger partial charge in [-0.15, -0.1) is 0 Å². The van der Waals surface area contributed by atoms with E-state index in [1.807, 2.05) is 6.92 Å². The van der Waals surface area contributed by atoms with Gasteiger partial charge in [0.2, 0.25) is 20.0 Å². The highest BCUT2D eigenvalue weighted by Crippen LogP contribution is 2.21. The quantitative estimate of drug-likeness (QED) is 0.866. The summed E-state index contributed by atoms with van der Waals surface area (Å²) in [5.74, 6) is 0. The Hall–Kier alpha value is -0.960. The summed E-state index contributed by atoms with van der Waals surface area (Å²) < 4.78 is 50.9. The van der Waals surface area contributed by atoms with Crippen LogP contribution in [-0.4, -0.2) is 46.5 Å². The first-order valence-electron chi connectivity index (χ1n) is 6.22. The van der Waals surface area contributed by atoms with Crippen LogP contribution in [0.5, 0.6) is 0 Å². The molecule has 0 spiro atoms. The van der Waals surface area contributed by atoms with E-state index < -0.39 is 20.0 Å². The molecule has 1 saturated heterocycles. The van der Waals surface area contributed by atoms with Crippen molar-refractivity contribution < 1.29 is 16.8 Å². The minimum atomic E-state index is -3.55. The maximum Gasteiger partial charge on any atom is 0.243 e. The highest BCUT2D eigenvalue weighted by atomic mass is 32.2. The van der Waals surface area contributed by atoms with Gasteiger partial charge in [0.25, 0.3) is 0 Å². The van der Waals surface area contributed by atoms with Crippen LogP contribution in [0.25, 0.3) is 0 Å². The van der Waals surface area contributed by atoms with Crippen LogP contribution in [0.3, 0.4) is 0 Å². The Morgan fingerprint density at radius 3 is 2.30 bits per heavy atom. The molecule has 0 saturated carbocycles. The third-order valence-electron chi connectivity index (χ3n) is 3.19. The molecule has 112 valence electrons. The SMILES string of the molecule is Cc1ccc(S(=O)(=O)N2CCC(NS(C)(=O)=O)C2)cc1. The van der Waals surface area contributed by atoms with Crippen molar-refractivity contribution in [3.05, 3.63) is 29.8 Å². The van der Waals surface area contributed by atoms with E-state index in [-0.39, 0.29) is 17.5 Å². The lowest BCUT2D eigenvalue weighted by Gasteiger charge is -2.17. The number of hydrogen-bond acceptors (Lipinski definition) is 4. The van der Waals surface area contributed by atoms with Crippen molar-refractivity contribution >= 4 is 20.0 Å². The third-order valence-corrected chi connectivity index (χ3v) is 5.83. The summed E-state index contributed by atoms with van der Waals surface area (Å²) in [6.45, 7) is 2.38. The van der Waals surface area contributed by atoms with Gasteiger partial charge in [-0.1, -0.05) is 17.7 Å². The maximum absolute atomic E-state index is 12.4. The largest absolute Gasteiger partial charge is 0.243 e. The zero-order valence-corrected chi connectivity index (χ0v) is 13.0. The van der Waals surface area contributed by atoms with Crippen molar-refractivity contribution in [2.24, 2.45) is 0 Å². The molecule has 1 aromatic carbocycles. The topological polar surface area (TPSA) is 83.6 Å². The molecule has 0 amide bonds. The van der Waals surface area contributed by atoms with E-state index >= 15 is 0 Å². The number of aryl methyl sites for hydroxylation is 1. The summed E-state index contributed by atoms with van der Waals surface area (Å²) >= 11 is 0. The summed E-state index contributed by atoms with van der Waals surface area (Å²) in [4.78, 5) is 0.239. The Bertz CT molecular complexity index is 681. The van der Waals surface area contributed by atoms with Crippen molar-refractivity contribution in [3.63, 3.8) is 0 Å². The Kier molecular flexibility index (Phi) is 4.19. The molecule has 1 aliphatic heterocycles. The van der Waals surface area contributed by atoms with E-state index in [1.54, 1.807) is 24.3 Å². The summed E-state index contributed by atoms with van der Waals surface area (Å²) in [6.07, 6.45) is 1.56. The number of nitrogens with zero attached hydrogens (tertiary/aromatic N) is 1. The molecule has 1 atom stereocenters. The second-order valence-electron chi connectivity index (χ2n) is 5.05. The van der Waals surface area contributed by atoms with Gasteiger partial charge >= 0.3 is 0 Å². The summed E-state index contributed by atoms with van der Waals surface area (Å²) in [5.41, 5.74) is 0.988. The maximum atomic E-state index is 12.4. The molecule has 2 rings (SSSR count). The fourth-order valence-electron chi connectivity index (χ4n) is 2.20. The summed E-state index contributed by atoms with van der Waals surface area (Å²) in [5, 5.41) is 0. The van der Waals surface area contributed by atoms with Gasteiger partial charge in [0.15, 0.2) is 0 Å². The number of hydrogen-bond donors (Lipinski definition) is 1. The van der Waals surface area contributed by atoms with Gasteiger partial charge < -0.3 is 0 Å². The van der Waals surface area contributed by atoms with E-state index in [4.69, 9.17) is 0 Å². The van der Waals surface area contributed by atoms with Gasteiger partial charge in [-0.2, -0.15) is 4.31 Å². The molecule has 20 heavy (non-hydrogen) atoms. The van der Waals surface area contributed by atoms with Gasteiger partial charge in [-0.3, -0.25) is 0 Å². The number of rotatable bonds is 4. The van der Waals surface area contributed by atoms with Crippen molar-refractivity contribution in [3.8, 4) is 0 Å². The van der Waals surface area contributed by atoms with Crippen molar-refractivity contribution in [1.82, 2.24) is 9.03 Å². The van der Waals surface area contributed by atoms with Gasteiger partial charge in [0.1, 0.15) is 0 Å². The van der Waals surface area contributed by atoms with Gasteiger partial charge in [-0.05, 0) is 25.5 Å². The smallest absolute Gasteiger partial charge is 0.213 e. The van der Waals surface area contributed by atoms with Crippen molar-refractivity contribution in [2.75, 3.05) is 19.3 Å². The van der Waals surface area contributed by atoms with Crippen molar-refractivity contribution in [1.29, 1.82) is 0 Å². The lowest BCUT2D eigenvalue weighted by Crippen LogP contribution is -2.37. The molecule has 0 aromatic heterocycles. The first kappa shape index (κ1) is 15.4. The average molecular weight is 318 g/mol. The molecule has 1 aliphatic rings. The standard InChI is InChI=1S/C12H18N2O4S2/c1-10-3-5-12(6-4-10)20(17,18)14-8-7-11(9-14)13-19(2,15)16/h3-6,11,13H,7-9H2,1-2H3. The Balaban J connectivity index is 2.14. The van der Waals surface area contributed by atoms with Crippen LogP contribution in [0.1, 0.15) is 12.0 Å². The van der Waals surface area contributed by atoms with Crippen molar-refractivity contribution in [2.45, 2.75) is 24.3 Å². The number of sulfonamides is 2. The zero-order chi connectivity index (χ0) is 15.0. The third kappa shape index (κ3) is 3.57. The molecule has 0 aliphatic carbocycles. The highest BCUT2D eigenvalue weighted by Gasteiger charge is 2.33. The first-order valence-corrected chi connectivity index (χ1v) is 9.56. The molecule has 6 nitrogen and oxygen atoms in total. The van der Waals surface area contributed by atoms with Gasteiger partial charge in [0, 0.05) is 19.1 Å². The molecule has 1 heterocycles. The monoisotopic (exact) mass is 318 g/mol. The fraction of sp³-hybridized carbons (Fsp3) is 0.500. The Labute approximate surface area is 119 Å². The van der Waals surface area contributed by atoms with Crippen LogP contribution in [0.2, 0.25) is 0 Å². The summed E-state index contributed by atoms with van der Waals surface area (Å²) in [7, 11) is -6.86. The van der Waals surface area contributed by atoms with E-state index in [9.17, 15) is 16.8 Å². The fourth-order valence-corrected chi connectivity index (χ4v) is 4.50. The minimum absolute atomic E-state index is 0.170. The molecule has 0 radical (unpaired) electrons. The second-order valence-corrected chi connectivity index (χ2v) is 8.77. The molecular formula is C12H18N2O4S2. The van der Waals surface area contributed by atoms with E-state index in [0.717, 1.165) is 11.8 Å². The Morgan fingerprint density at radius 2 is 1.75 bits per heavy atom.